The minimum absolute atomic E-state index is 0.0217. The molecule has 0 aromatic heterocycles. The van der Waals surface area contributed by atoms with E-state index in [2.05, 4.69) is 10.6 Å². The number of aryl methyl sites for hydroxylation is 1. The van der Waals surface area contributed by atoms with Gasteiger partial charge in [0.1, 0.15) is 0 Å². The molecule has 2 heterocycles. The van der Waals surface area contributed by atoms with E-state index in [1.807, 2.05) is 0 Å². The Kier molecular flexibility index (Phi) is 5.50. The van der Waals surface area contributed by atoms with Crippen molar-refractivity contribution in [2.45, 2.75) is 31.9 Å². The number of rotatable bonds is 4. The third kappa shape index (κ3) is 4.97. The Hall–Kier alpha value is -2.09. The van der Waals surface area contributed by atoms with Crippen molar-refractivity contribution in [3.63, 3.8) is 0 Å². The third-order valence-electron chi connectivity index (χ3n) is 4.92. The number of nitrogens with zero attached hydrogens (tertiary/aromatic N) is 1. The van der Waals surface area contributed by atoms with Crippen LogP contribution in [0.25, 0.3) is 0 Å². The van der Waals surface area contributed by atoms with Crippen LogP contribution in [-0.4, -0.2) is 49.1 Å². The number of piperidine rings is 1. The van der Waals surface area contributed by atoms with Crippen molar-refractivity contribution in [3.05, 3.63) is 29.3 Å². The Balaban J connectivity index is 1.47. The maximum absolute atomic E-state index is 12.4. The number of hydrogen-bond acceptors (Lipinski definition) is 3. The molecular weight excluding hydrogens is 347 g/mol. The van der Waals surface area contributed by atoms with Crippen LogP contribution in [0.4, 0.5) is 18.9 Å². The second-order valence-corrected chi connectivity index (χ2v) is 6.96. The molecule has 2 N–H and O–H groups in total. The molecule has 26 heavy (non-hydrogen) atoms. The average molecular weight is 369 g/mol. The van der Waals surface area contributed by atoms with Gasteiger partial charge in [-0.3, -0.25) is 14.5 Å². The molecule has 142 valence electrons. The largest absolute Gasteiger partial charge is 0.401 e. The molecule has 1 aromatic rings. The smallest absolute Gasteiger partial charge is 0.352 e. The van der Waals surface area contributed by atoms with Gasteiger partial charge in [0, 0.05) is 24.2 Å². The lowest BCUT2D eigenvalue weighted by atomic mass is 9.96. The first-order chi connectivity index (χ1) is 12.3. The molecule has 2 amide bonds. The van der Waals surface area contributed by atoms with Gasteiger partial charge in [0.15, 0.2) is 0 Å². The fourth-order valence-corrected chi connectivity index (χ4v) is 3.47. The average Bonchev–Trinajstić information content (AvgIpc) is 2.59. The normalized spacial score (nSPS) is 19.0. The number of fused-ring (bicyclic) bond motifs is 1. The van der Waals surface area contributed by atoms with E-state index < -0.39 is 12.7 Å². The Labute approximate surface area is 149 Å². The van der Waals surface area contributed by atoms with Crippen LogP contribution in [-0.2, 0) is 11.2 Å². The van der Waals surface area contributed by atoms with Crippen molar-refractivity contribution in [1.82, 2.24) is 10.2 Å². The van der Waals surface area contributed by atoms with Gasteiger partial charge in [-0.05, 0) is 62.0 Å². The predicted octanol–water partition coefficient (Wildman–Crippen LogP) is 2.58. The topological polar surface area (TPSA) is 61.4 Å². The standard InChI is InChI=1S/C18H22F3N3O2/c19-18(20,21)11-24-7-5-12(6-8-24)10-22-17(26)14-1-3-15-13(9-14)2-4-16(25)23-15/h1,3,9,12H,2,4-8,10-11H2,(H,22,26)(H,23,25). The molecule has 2 aliphatic heterocycles. The number of halogens is 3. The van der Waals surface area contributed by atoms with Crippen LogP contribution >= 0.6 is 0 Å². The number of anilines is 1. The van der Waals surface area contributed by atoms with E-state index in [0.717, 1.165) is 11.3 Å². The minimum Gasteiger partial charge on any atom is -0.352 e. The van der Waals surface area contributed by atoms with Crippen LogP contribution in [0.5, 0.6) is 0 Å². The summed E-state index contributed by atoms with van der Waals surface area (Å²) in [5.41, 5.74) is 2.22. The summed E-state index contributed by atoms with van der Waals surface area (Å²) in [4.78, 5) is 25.1. The molecule has 0 unspecified atom stereocenters. The number of alkyl halides is 3. The summed E-state index contributed by atoms with van der Waals surface area (Å²) in [7, 11) is 0. The molecule has 5 nitrogen and oxygen atoms in total. The summed E-state index contributed by atoms with van der Waals surface area (Å²) in [5, 5.41) is 5.65. The van der Waals surface area contributed by atoms with Crippen molar-refractivity contribution >= 4 is 17.5 Å². The summed E-state index contributed by atoms with van der Waals surface area (Å²) in [6, 6.07) is 5.19. The molecule has 0 radical (unpaired) electrons. The van der Waals surface area contributed by atoms with E-state index >= 15 is 0 Å². The molecule has 1 saturated heterocycles. The minimum atomic E-state index is -4.16. The molecule has 0 spiro atoms. The van der Waals surface area contributed by atoms with Gasteiger partial charge in [-0.15, -0.1) is 0 Å². The van der Waals surface area contributed by atoms with Gasteiger partial charge in [0.25, 0.3) is 5.91 Å². The Morgan fingerprint density at radius 3 is 2.65 bits per heavy atom. The number of carbonyl (C=O) groups is 2. The lowest BCUT2D eigenvalue weighted by Gasteiger charge is -2.32. The highest BCUT2D eigenvalue weighted by molar-refractivity contribution is 5.97. The summed E-state index contributed by atoms with van der Waals surface area (Å²) >= 11 is 0. The summed E-state index contributed by atoms with van der Waals surface area (Å²) in [5.74, 6) is -0.0191. The van der Waals surface area contributed by atoms with Gasteiger partial charge in [-0.1, -0.05) is 0 Å². The van der Waals surface area contributed by atoms with Crippen LogP contribution in [0.1, 0.15) is 35.2 Å². The Morgan fingerprint density at radius 2 is 1.96 bits per heavy atom. The Bertz CT molecular complexity index is 683. The highest BCUT2D eigenvalue weighted by atomic mass is 19.4. The summed E-state index contributed by atoms with van der Waals surface area (Å²) in [6.45, 7) is 0.404. The maximum Gasteiger partial charge on any atom is 0.401 e. The fraction of sp³-hybridized carbons (Fsp3) is 0.556. The fourth-order valence-electron chi connectivity index (χ4n) is 3.47. The first-order valence-corrected chi connectivity index (χ1v) is 8.80. The monoisotopic (exact) mass is 369 g/mol. The second-order valence-electron chi connectivity index (χ2n) is 6.96. The zero-order valence-electron chi connectivity index (χ0n) is 14.4. The summed E-state index contributed by atoms with van der Waals surface area (Å²) in [6.07, 6.45) is -1.85. The van der Waals surface area contributed by atoms with Crippen LogP contribution in [0.2, 0.25) is 0 Å². The van der Waals surface area contributed by atoms with Crippen molar-refractivity contribution in [2.24, 2.45) is 5.92 Å². The van der Waals surface area contributed by atoms with E-state index in [4.69, 9.17) is 0 Å². The highest BCUT2D eigenvalue weighted by Crippen LogP contribution is 2.24. The van der Waals surface area contributed by atoms with E-state index in [1.54, 1.807) is 18.2 Å². The summed E-state index contributed by atoms with van der Waals surface area (Å²) < 4.78 is 37.2. The van der Waals surface area contributed by atoms with Gasteiger partial charge in [0.05, 0.1) is 6.54 Å². The van der Waals surface area contributed by atoms with Crippen LogP contribution in [0, 0.1) is 5.92 Å². The molecule has 8 heteroatoms. The quantitative estimate of drug-likeness (QED) is 0.858. The number of likely N-dealkylation sites (tertiary alicyclic amines) is 1. The number of benzene rings is 1. The van der Waals surface area contributed by atoms with Crippen LogP contribution in [0.3, 0.4) is 0 Å². The van der Waals surface area contributed by atoms with Crippen LogP contribution in [0.15, 0.2) is 18.2 Å². The number of carbonyl (C=O) groups excluding carboxylic acids is 2. The van der Waals surface area contributed by atoms with E-state index in [1.165, 1.54) is 4.90 Å². The van der Waals surface area contributed by atoms with Gasteiger partial charge in [-0.25, -0.2) is 0 Å². The van der Waals surface area contributed by atoms with Crippen molar-refractivity contribution in [1.29, 1.82) is 0 Å². The highest BCUT2D eigenvalue weighted by Gasteiger charge is 2.32. The lowest BCUT2D eigenvalue weighted by Crippen LogP contribution is -2.42. The third-order valence-corrected chi connectivity index (χ3v) is 4.92. The van der Waals surface area contributed by atoms with Gasteiger partial charge in [0.2, 0.25) is 5.91 Å². The molecule has 0 saturated carbocycles. The Morgan fingerprint density at radius 1 is 1.23 bits per heavy atom. The molecule has 1 aromatic carbocycles. The zero-order chi connectivity index (χ0) is 18.7. The maximum atomic E-state index is 12.4. The molecule has 3 rings (SSSR count). The first kappa shape index (κ1) is 18.7. The number of amides is 2. The van der Waals surface area contributed by atoms with E-state index in [0.29, 0.717) is 50.9 Å². The van der Waals surface area contributed by atoms with Gasteiger partial charge >= 0.3 is 6.18 Å². The second kappa shape index (κ2) is 7.65. The van der Waals surface area contributed by atoms with Crippen molar-refractivity contribution < 1.29 is 22.8 Å². The number of nitrogens with one attached hydrogen (secondary N) is 2. The van der Waals surface area contributed by atoms with E-state index in [9.17, 15) is 22.8 Å². The van der Waals surface area contributed by atoms with Gasteiger partial charge < -0.3 is 10.6 Å². The molecule has 2 aliphatic rings. The van der Waals surface area contributed by atoms with Crippen LogP contribution < -0.4 is 10.6 Å². The first-order valence-electron chi connectivity index (χ1n) is 8.80. The van der Waals surface area contributed by atoms with Crippen molar-refractivity contribution in [3.8, 4) is 0 Å². The zero-order valence-corrected chi connectivity index (χ0v) is 14.4. The molecule has 0 atom stereocenters. The van der Waals surface area contributed by atoms with E-state index in [-0.39, 0.29) is 17.7 Å². The molecule has 0 bridgehead atoms. The molecule has 0 aliphatic carbocycles. The van der Waals surface area contributed by atoms with Crippen molar-refractivity contribution in [2.75, 3.05) is 31.5 Å². The van der Waals surface area contributed by atoms with Gasteiger partial charge in [-0.2, -0.15) is 13.2 Å². The SMILES string of the molecule is O=C1CCc2cc(C(=O)NCC3CCN(CC(F)(F)F)CC3)ccc2N1. The predicted molar refractivity (Wildman–Crippen MR) is 90.9 cm³/mol. The molecular formula is C18H22F3N3O2. The lowest BCUT2D eigenvalue weighted by molar-refractivity contribution is -0.148. The number of hydrogen-bond donors (Lipinski definition) is 2. The molecule has 1 fully saturated rings.